The number of methoxy groups -OCH3 is 1. The van der Waals surface area contributed by atoms with Gasteiger partial charge in [0.25, 0.3) is 0 Å². The molecule has 1 aliphatic carbocycles. The lowest BCUT2D eigenvalue weighted by molar-refractivity contribution is -0.152. The van der Waals surface area contributed by atoms with E-state index in [1.165, 1.54) is 7.11 Å². The summed E-state index contributed by atoms with van der Waals surface area (Å²) in [4.78, 5) is 25.0. The first kappa shape index (κ1) is 22.0. The Morgan fingerprint density at radius 3 is 2.12 bits per heavy atom. The molecule has 146 valence electrons. The molecule has 0 aliphatic heterocycles. The van der Waals surface area contributed by atoms with Gasteiger partial charge in [0.15, 0.2) is 13.9 Å². The van der Waals surface area contributed by atoms with Gasteiger partial charge in [-0.3, -0.25) is 0 Å². The fourth-order valence-corrected chi connectivity index (χ4v) is 4.14. The van der Waals surface area contributed by atoms with Gasteiger partial charge >= 0.3 is 12.1 Å². The molecule has 0 spiro atoms. The van der Waals surface area contributed by atoms with Crippen molar-refractivity contribution >= 4 is 20.4 Å². The molecule has 25 heavy (non-hydrogen) atoms. The molecule has 0 saturated heterocycles. The van der Waals surface area contributed by atoms with Crippen molar-refractivity contribution in [1.29, 1.82) is 0 Å². The van der Waals surface area contributed by atoms with Gasteiger partial charge in [-0.25, -0.2) is 9.59 Å². The average molecular weight is 374 g/mol. The van der Waals surface area contributed by atoms with Crippen LogP contribution >= 0.6 is 0 Å². The molecule has 2 unspecified atom stereocenters. The number of esters is 1. The maximum absolute atomic E-state index is 12.6. The van der Waals surface area contributed by atoms with Crippen LogP contribution in [-0.2, 0) is 18.7 Å². The standard InChI is InChI=1S/C18H35NO5Si/c1-16(2,3)23-15(21)19-18(14(20)22-7)12-10-11-13(18)24-25(8,9)17(4,5)6/h13H,10-12H2,1-9H3,(H,19,21). The van der Waals surface area contributed by atoms with Gasteiger partial charge in [0.2, 0.25) is 0 Å². The number of rotatable bonds is 4. The third kappa shape index (κ3) is 5.20. The smallest absolute Gasteiger partial charge is 0.408 e. The quantitative estimate of drug-likeness (QED) is 0.595. The number of carbonyl (C=O) groups excluding carboxylic acids is 2. The summed E-state index contributed by atoms with van der Waals surface area (Å²) in [5.74, 6) is -0.473. The molecule has 0 bridgehead atoms. The third-order valence-corrected chi connectivity index (χ3v) is 9.59. The van der Waals surface area contributed by atoms with Crippen molar-refractivity contribution in [3.63, 3.8) is 0 Å². The minimum absolute atomic E-state index is 0.00334. The van der Waals surface area contributed by atoms with Crippen molar-refractivity contribution in [1.82, 2.24) is 5.32 Å². The molecule has 1 aliphatic rings. The average Bonchev–Trinajstić information content (AvgIpc) is 2.77. The molecule has 7 heteroatoms. The van der Waals surface area contributed by atoms with Crippen LogP contribution in [0.25, 0.3) is 0 Å². The predicted octanol–water partition coefficient (Wildman–Crippen LogP) is 4.00. The minimum Gasteiger partial charge on any atom is -0.467 e. The van der Waals surface area contributed by atoms with Crippen molar-refractivity contribution in [3.8, 4) is 0 Å². The second kappa shape index (κ2) is 7.27. The normalized spacial score (nSPS) is 24.8. The molecule has 0 aromatic carbocycles. The van der Waals surface area contributed by atoms with Crippen LogP contribution in [-0.4, -0.2) is 44.7 Å². The monoisotopic (exact) mass is 373 g/mol. The lowest BCUT2D eigenvalue weighted by Gasteiger charge is -2.43. The van der Waals surface area contributed by atoms with Gasteiger partial charge in [-0.15, -0.1) is 0 Å². The number of alkyl carbamates (subject to hydrolysis) is 1. The van der Waals surface area contributed by atoms with Gasteiger partial charge in [-0.05, 0) is 58.2 Å². The van der Waals surface area contributed by atoms with Crippen molar-refractivity contribution in [2.24, 2.45) is 0 Å². The first-order valence-electron chi connectivity index (χ1n) is 8.92. The summed E-state index contributed by atoms with van der Waals surface area (Å²) in [7, 11) is -0.779. The Hall–Kier alpha value is -1.08. The largest absolute Gasteiger partial charge is 0.467 e. The molecule has 2 atom stereocenters. The van der Waals surface area contributed by atoms with E-state index in [0.717, 1.165) is 6.42 Å². The van der Waals surface area contributed by atoms with E-state index in [1.54, 1.807) is 20.8 Å². The van der Waals surface area contributed by atoms with Crippen LogP contribution in [0.2, 0.25) is 18.1 Å². The van der Waals surface area contributed by atoms with Gasteiger partial charge in [-0.1, -0.05) is 20.8 Å². The highest BCUT2D eigenvalue weighted by atomic mass is 28.4. The topological polar surface area (TPSA) is 73.9 Å². The molecule has 1 amide bonds. The predicted molar refractivity (Wildman–Crippen MR) is 100 cm³/mol. The van der Waals surface area contributed by atoms with Crippen LogP contribution in [0, 0.1) is 0 Å². The number of amides is 1. The van der Waals surface area contributed by atoms with Gasteiger partial charge in [0.1, 0.15) is 5.60 Å². The lowest BCUT2D eigenvalue weighted by atomic mass is 9.95. The van der Waals surface area contributed by atoms with Gasteiger partial charge < -0.3 is 19.2 Å². The van der Waals surface area contributed by atoms with E-state index < -0.39 is 37.6 Å². The molecule has 1 N–H and O–H groups in total. The van der Waals surface area contributed by atoms with Crippen LogP contribution in [0.15, 0.2) is 0 Å². The van der Waals surface area contributed by atoms with E-state index in [0.29, 0.717) is 12.8 Å². The Bertz CT molecular complexity index is 507. The molecule has 1 saturated carbocycles. The molecule has 1 fully saturated rings. The number of carbonyl (C=O) groups is 2. The van der Waals surface area contributed by atoms with E-state index in [9.17, 15) is 9.59 Å². The minimum atomic E-state index is -2.12. The summed E-state index contributed by atoms with van der Waals surface area (Å²) in [6.45, 7) is 16.1. The summed E-state index contributed by atoms with van der Waals surface area (Å²) < 4.78 is 16.9. The number of hydrogen-bond acceptors (Lipinski definition) is 5. The van der Waals surface area contributed by atoms with Crippen molar-refractivity contribution in [2.75, 3.05) is 7.11 Å². The lowest BCUT2D eigenvalue weighted by Crippen LogP contribution is -2.63. The summed E-state index contributed by atoms with van der Waals surface area (Å²) in [5.41, 5.74) is -1.83. The highest BCUT2D eigenvalue weighted by molar-refractivity contribution is 6.74. The van der Waals surface area contributed by atoms with E-state index >= 15 is 0 Å². The molecule has 6 nitrogen and oxygen atoms in total. The second-order valence-corrected chi connectivity index (χ2v) is 14.1. The summed E-state index contributed by atoms with van der Waals surface area (Å²) in [5, 5.41) is 2.79. The number of nitrogens with one attached hydrogen (secondary N) is 1. The fraction of sp³-hybridized carbons (Fsp3) is 0.889. The highest BCUT2D eigenvalue weighted by Gasteiger charge is 2.55. The third-order valence-electron chi connectivity index (χ3n) is 5.10. The van der Waals surface area contributed by atoms with E-state index in [1.807, 2.05) is 0 Å². The van der Waals surface area contributed by atoms with E-state index in [4.69, 9.17) is 13.9 Å². The van der Waals surface area contributed by atoms with Gasteiger partial charge in [0.05, 0.1) is 13.2 Å². The van der Waals surface area contributed by atoms with Crippen LogP contribution in [0.3, 0.4) is 0 Å². The molecule has 1 rings (SSSR count). The maximum Gasteiger partial charge on any atom is 0.408 e. The number of hydrogen-bond donors (Lipinski definition) is 1. The summed E-state index contributed by atoms with van der Waals surface area (Å²) in [6.07, 6.45) is 0.941. The Kier molecular flexibility index (Phi) is 6.38. The highest BCUT2D eigenvalue weighted by Crippen LogP contribution is 2.42. The van der Waals surface area contributed by atoms with Crippen LogP contribution in [0.5, 0.6) is 0 Å². The SMILES string of the molecule is COC(=O)C1(NC(=O)OC(C)(C)C)CCCC1O[Si](C)(C)C(C)(C)C. The van der Waals surface area contributed by atoms with Gasteiger partial charge in [-0.2, -0.15) is 0 Å². The van der Waals surface area contributed by atoms with E-state index in [2.05, 4.69) is 39.2 Å². The summed E-state index contributed by atoms with van der Waals surface area (Å²) in [6, 6.07) is 0. The van der Waals surface area contributed by atoms with Gasteiger partial charge in [0, 0.05) is 0 Å². The molecule has 0 heterocycles. The van der Waals surface area contributed by atoms with Crippen LogP contribution in [0.4, 0.5) is 4.79 Å². The van der Waals surface area contributed by atoms with Crippen LogP contribution < -0.4 is 5.32 Å². The van der Waals surface area contributed by atoms with Crippen molar-refractivity contribution in [3.05, 3.63) is 0 Å². The molecular weight excluding hydrogens is 338 g/mol. The zero-order valence-corrected chi connectivity index (χ0v) is 18.2. The van der Waals surface area contributed by atoms with Crippen LogP contribution in [0.1, 0.15) is 60.8 Å². The second-order valence-electron chi connectivity index (χ2n) is 9.35. The molecule has 0 aromatic heterocycles. The maximum atomic E-state index is 12.6. The summed E-state index contributed by atoms with van der Waals surface area (Å²) >= 11 is 0. The molecule has 0 radical (unpaired) electrons. The van der Waals surface area contributed by atoms with Crippen molar-refractivity contribution in [2.45, 2.75) is 96.2 Å². The van der Waals surface area contributed by atoms with Crippen molar-refractivity contribution < 1.29 is 23.5 Å². The Balaban J connectivity index is 3.11. The Morgan fingerprint density at radius 1 is 1.12 bits per heavy atom. The molecular formula is C18H35NO5Si. The Morgan fingerprint density at radius 2 is 1.68 bits per heavy atom. The first-order valence-corrected chi connectivity index (χ1v) is 11.8. The first-order chi connectivity index (χ1) is 11.1. The molecule has 0 aromatic rings. The zero-order chi connectivity index (χ0) is 19.7. The number of ether oxygens (including phenoxy) is 2. The zero-order valence-electron chi connectivity index (χ0n) is 17.2. The van der Waals surface area contributed by atoms with E-state index in [-0.39, 0.29) is 5.04 Å². The Labute approximate surface area is 153 Å². The fourth-order valence-electron chi connectivity index (χ4n) is 2.76.